The van der Waals surface area contributed by atoms with E-state index in [1.54, 1.807) is 34.9 Å². The van der Waals surface area contributed by atoms with E-state index in [0.717, 1.165) is 43.1 Å². The number of halogens is 1. The second kappa shape index (κ2) is 6.59. The van der Waals surface area contributed by atoms with Crippen LogP contribution in [0.5, 0.6) is 0 Å². The summed E-state index contributed by atoms with van der Waals surface area (Å²) in [6, 6.07) is 7.20. The number of aromatic nitrogens is 1. The molecule has 2 fully saturated rings. The zero-order valence-corrected chi connectivity index (χ0v) is 15.1. The fourth-order valence-electron chi connectivity index (χ4n) is 3.92. The second-order valence-electron chi connectivity index (χ2n) is 6.69. The first-order chi connectivity index (χ1) is 11.1. The third-order valence-corrected chi connectivity index (χ3v) is 7.23. The summed E-state index contributed by atoms with van der Waals surface area (Å²) in [5.41, 5.74) is 0.171. The number of pyridine rings is 1. The van der Waals surface area contributed by atoms with Gasteiger partial charge in [0.25, 0.3) is 0 Å². The first kappa shape index (κ1) is 17.6. The Bertz CT molecular complexity index is 829. The van der Waals surface area contributed by atoms with Gasteiger partial charge in [0, 0.05) is 36.3 Å². The van der Waals surface area contributed by atoms with Crippen molar-refractivity contribution in [3.05, 3.63) is 36.7 Å². The van der Waals surface area contributed by atoms with Gasteiger partial charge in [0.15, 0.2) is 0 Å². The summed E-state index contributed by atoms with van der Waals surface area (Å²) in [7, 11) is -3.46. The summed E-state index contributed by atoms with van der Waals surface area (Å²) >= 11 is 0. The Morgan fingerprint density at radius 2 is 1.92 bits per heavy atom. The van der Waals surface area contributed by atoms with Gasteiger partial charge in [-0.3, -0.25) is 4.98 Å². The Labute approximate surface area is 148 Å². The van der Waals surface area contributed by atoms with Crippen molar-refractivity contribution in [2.45, 2.75) is 24.2 Å². The fourth-order valence-corrected chi connectivity index (χ4v) is 5.69. The number of sulfonamides is 1. The molecule has 130 valence electrons. The molecule has 2 aliphatic heterocycles. The molecule has 24 heavy (non-hydrogen) atoms. The van der Waals surface area contributed by atoms with Gasteiger partial charge >= 0.3 is 0 Å². The molecule has 0 atom stereocenters. The average molecular weight is 368 g/mol. The van der Waals surface area contributed by atoms with Crippen molar-refractivity contribution in [2.24, 2.45) is 5.41 Å². The molecule has 1 spiro atoms. The predicted molar refractivity (Wildman–Crippen MR) is 96.9 cm³/mol. The van der Waals surface area contributed by atoms with Crippen molar-refractivity contribution >= 4 is 33.2 Å². The molecule has 4 rings (SSSR count). The topological polar surface area (TPSA) is 62.3 Å². The first-order valence-corrected chi connectivity index (χ1v) is 9.58. The summed E-state index contributed by atoms with van der Waals surface area (Å²) in [4.78, 5) is 4.49. The highest BCUT2D eigenvalue weighted by Gasteiger charge is 2.43. The van der Waals surface area contributed by atoms with E-state index in [9.17, 15) is 8.42 Å². The fraction of sp³-hybridized carbons (Fsp3) is 0.471. The largest absolute Gasteiger partial charge is 0.317 e. The van der Waals surface area contributed by atoms with Crippen LogP contribution in [0, 0.1) is 5.41 Å². The van der Waals surface area contributed by atoms with Crippen LogP contribution >= 0.6 is 12.4 Å². The van der Waals surface area contributed by atoms with Gasteiger partial charge < -0.3 is 5.32 Å². The molecule has 2 saturated heterocycles. The molecule has 1 aromatic carbocycles. The van der Waals surface area contributed by atoms with E-state index in [1.807, 2.05) is 6.07 Å². The molecule has 2 aromatic rings. The average Bonchev–Trinajstić information content (AvgIpc) is 2.99. The molecule has 7 heteroatoms. The number of nitrogens with one attached hydrogen (secondary N) is 1. The van der Waals surface area contributed by atoms with E-state index in [0.29, 0.717) is 18.0 Å². The minimum Gasteiger partial charge on any atom is -0.317 e. The van der Waals surface area contributed by atoms with Crippen LogP contribution in [-0.4, -0.2) is 43.9 Å². The number of hydrogen-bond acceptors (Lipinski definition) is 4. The molecule has 0 unspecified atom stereocenters. The summed E-state index contributed by atoms with van der Waals surface area (Å²) in [5, 5.41) is 4.99. The molecule has 0 aliphatic carbocycles. The molecular weight excluding hydrogens is 346 g/mol. The lowest BCUT2D eigenvalue weighted by Crippen LogP contribution is -2.39. The molecule has 1 N–H and O–H groups in total. The number of rotatable bonds is 2. The minimum atomic E-state index is -3.46. The van der Waals surface area contributed by atoms with Crippen molar-refractivity contribution in [1.29, 1.82) is 0 Å². The van der Waals surface area contributed by atoms with Gasteiger partial charge in [-0.15, -0.1) is 12.4 Å². The van der Waals surface area contributed by atoms with E-state index in [2.05, 4.69) is 10.3 Å². The van der Waals surface area contributed by atoms with Crippen molar-refractivity contribution < 1.29 is 8.42 Å². The first-order valence-electron chi connectivity index (χ1n) is 8.14. The van der Waals surface area contributed by atoms with Gasteiger partial charge in [0.1, 0.15) is 0 Å². The van der Waals surface area contributed by atoms with Crippen LogP contribution in [0.3, 0.4) is 0 Å². The molecule has 1 aromatic heterocycles. The molecule has 0 bridgehead atoms. The molecule has 0 saturated carbocycles. The van der Waals surface area contributed by atoms with Crippen LogP contribution in [0.4, 0.5) is 0 Å². The van der Waals surface area contributed by atoms with E-state index in [4.69, 9.17) is 0 Å². The van der Waals surface area contributed by atoms with Crippen molar-refractivity contribution in [3.8, 4) is 0 Å². The maximum absolute atomic E-state index is 13.2. The second-order valence-corrected chi connectivity index (χ2v) is 8.60. The zero-order chi connectivity index (χ0) is 15.9. The number of piperidine rings is 1. The van der Waals surface area contributed by atoms with Gasteiger partial charge in [-0.25, -0.2) is 8.42 Å². The number of benzene rings is 1. The Morgan fingerprint density at radius 1 is 1.12 bits per heavy atom. The van der Waals surface area contributed by atoms with Crippen LogP contribution in [0.1, 0.15) is 19.3 Å². The minimum absolute atomic E-state index is 0. The maximum atomic E-state index is 13.2. The maximum Gasteiger partial charge on any atom is 0.243 e. The van der Waals surface area contributed by atoms with E-state index >= 15 is 0 Å². The van der Waals surface area contributed by atoms with E-state index in [1.165, 1.54) is 0 Å². The standard InChI is InChI=1S/C17H21N3O2S.ClH/c21-23(22,16-3-1-2-14-12-19-8-4-15(14)16)20-11-7-17(13-20)5-9-18-10-6-17;/h1-4,8,12,18H,5-7,9-11,13H2;1H. The number of fused-ring (bicyclic) bond motifs is 1. The van der Waals surface area contributed by atoms with Crippen LogP contribution in [0.2, 0.25) is 0 Å². The highest BCUT2D eigenvalue weighted by Crippen LogP contribution is 2.41. The van der Waals surface area contributed by atoms with Crippen LogP contribution < -0.4 is 5.32 Å². The van der Waals surface area contributed by atoms with Gasteiger partial charge in [-0.1, -0.05) is 12.1 Å². The van der Waals surface area contributed by atoms with Crippen LogP contribution in [-0.2, 0) is 10.0 Å². The normalized spacial score (nSPS) is 21.0. The van der Waals surface area contributed by atoms with Gasteiger partial charge in [0.2, 0.25) is 10.0 Å². The molecule has 0 radical (unpaired) electrons. The SMILES string of the molecule is Cl.O=S(=O)(c1cccc2cnccc12)N1CCC2(CCNCC2)C1. The smallest absolute Gasteiger partial charge is 0.243 e. The molecular formula is C17H22ClN3O2S. The Morgan fingerprint density at radius 3 is 2.71 bits per heavy atom. The summed E-state index contributed by atoms with van der Waals surface area (Å²) in [6.45, 7) is 3.27. The summed E-state index contributed by atoms with van der Waals surface area (Å²) < 4.78 is 28.0. The van der Waals surface area contributed by atoms with Crippen molar-refractivity contribution in [3.63, 3.8) is 0 Å². The predicted octanol–water partition coefficient (Wildman–Crippen LogP) is 2.42. The monoisotopic (exact) mass is 367 g/mol. The Balaban J connectivity index is 0.00000169. The van der Waals surface area contributed by atoms with Gasteiger partial charge in [-0.2, -0.15) is 4.31 Å². The van der Waals surface area contributed by atoms with Gasteiger partial charge in [0.05, 0.1) is 4.90 Å². The lowest BCUT2D eigenvalue weighted by atomic mass is 9.78. The summed E-state index contributed by atoms with van der Waals surface area (Å²) in [6.07, 6.45) is 6.48. The summed E-state index contributed by atoms with van der Waals surface area (Å²) in [5.74, 6) is 0. The zero-order valence-electron chi connectivity index (χ0n) is 13.4. The van der Waals surface area contributed by atoms with Gasteiger partial charge in [-0.05, 0) is 49.9 Å². The number of nitrogens with zero attached hydrogens (tertiary/aromatic N) is 2. The lowest BCUT2D eigenvalue weighted by Gasteiger charge is -2.33. The molecule has 3 heterocycles. The van der Waals surface area contributed by atoms with Crippen LogP contribution in [0.25, 0.3) is 10.8 Å². The van der Waals surface area contributed by atoms with E-state index in [-0.39, 0.29) is 17.8 Å². The Hall–Kier alpha value is -1.21. The lowest BCUT2D eigenvalue weighted by molar-refractivity contribution is 0.218. The highest BCUT2D eigenvalue weighted by molar-refractivity contribution is 7.89. The van der Waals surface area contributed by atoms with Crippen molar-refractivity contribution in [2.75, 3.05) is 26.2 Å². The number of hydrogen-bond donors (Lipinski definition) is 1. The van der Waals surface area contributed by atoms with E-state index < -0.39 is 10.0 Å². The highest BCUT2D eigenvalue weighted by atomic mass is 35.5. The third kappa shape index (κ3) is 2.92. The molecule has 5 nitrogen and oxygen atoms in total. The molecule has 2 aliphatic rings. The van der Waals surface area contributed by atoms with Crippen molar-refractivity contribution in [1.82, 2.24) is 14.6 Å². The third-order valence-electron chi connectivity index (χ3n) is 5.33. The quantitative estimate of drug-likeness (QED) is 0.885. The van der Waals surface area contributed by atoms with Crippen LogP contribution in [0.15, 0.2) is 41.6 Å². The molecule has 0 amide bonds. The Kier molecular flexibility index (Phi) is 4.84.